The highest BCUT2D eigenvalue weighted by molar-refractivity contribution is 7.13. The number of allylic oxidation sites excluding steroid dienone is 2. The topological polar surface area (TPSA) is 140 Å². The van der Waals surface area contributed by atoms with Crippen molar-refractivity contribution in [3.8, 4) is 10.6 Å². The van der Waals surface area contributed by atoms with Gasteiger partial charge in [-0.15, -0.1) is 11.3 Å². The molecule has 0 aliphatic carbocycles. The molecule has 0 saturated carbocycles. The molecule has 1 amide bonds. The Morgan fingerprint density at radius 2 is 2.05 bits per heavy atom. The van der Waals surface area contributed by atoms with Crippen molar-refractivity contribution in [3.63, 3.8) is 0 Å². The number of thiazole rings is 1. The van der Waals surface area contributed by atoms with Crippen molar-refractivity contribution in [3.05, 3.63) is 66.7 Å². The van der Waals surface area contributed by atoms with Crippen molar-refractivity contribution in [2.24, 2.45) is 7.05 Å². The number of hydroxylamine groups is 1. The minimum absolute atomic E-state index is 0.0514. The molecule has 0 spiro atoms. The third kappa shape index (κ3) is 4.53. The number of rotatable bonds is 6. The van der Waals surface area contributed by atoms with Crippen LogP contribution in [0.1, 0.15) is 25.1 Å². The Hall–Kier alpha value is -4.47. The lowest BCUT2D eigenvalue weighted by molar-refractivity contribution is -0.418. The third-order valence-corrected chi connectivity index (χ3v) is 7.59. The van der Waals surface area contributed by atoms with E-state index in [9.17, 15) is 32.8 Å². The number of hydrogen-bond acceptors (Lipinski definition) is 9. The zero-order chi connectivity index (χ0) is 29.1. The summed E-state index contributed by atoms with van der Waals surface area (Å²) in [6, 6.07) is 0.442. The van der Waals surface area contributed by atoms with Crippen LogP contribution in [0.2, 0.25) is 0 Å². The van der Waals surface area contributed by atoms with Gasteiger partial charge in [0.1, 0.15) is 40.6 Å². The van der Waals surface area contributed by atoms with E-state index in [4.69, 9.17) is 0 Å². The summed E-state index contributed by atoms with van der Waals surface area (Å²) in [5, 5.41) is 19.5. The van der Waals surface area contributed by atoms with E-state index in [1.54, 1.807) is 25.3 Å². The lowest BCUT2D eigenvalue weighted by atomic mass is 10.1. The maximum Gasteiger partial charge on any atom is 0.433 e. The molecular weight excluding hydrogens is 553 g/mol. The van der Waals surface area contributed by atoms with Crippen molar-refractivity contribution >= 4 is 40.3 Å². The van der Waals surface area contributed by atoms with Gasteiger partial charge in [-0.05, 0) is 25.5 Å². The molecule has 0 bridgehead atoms. The number of alkyl halides is 3. The smallest absolute Gasteiger partial charge is 0.433 e. The van der Waals surface area contributed by atoms with Crippen LogP contribution in [-0.2, 0) is 24.6 Å². The second-order valence-electron chi connectivity index (χ2n) is 9.40. The van der Waals surface area contributed by atoms with Gasteiger partial charge < -0.3 is 20.7 Å². The molecule has 0 saturated heterocycles. The number of carbonyl (C=O) groups excluding carboxylic acids is 1. The fraction of sp³-hybridized carbons (Fsp3) is 0.333. The summed E-state index contributed by atoms with van der Waals surface area (Å²) in [5.41, 5.74) is -1.09. The SMILES string of the molecule is CC1=[N+]([O-])C(Cn2c(=O)c3c(n(C)c2=O)NCN3[C@@H](C)C(=O)Nc2csc(-c3cnc(C(F)(F)F)c(C)c3)n2)=C1. The molecule has 0 aromatic carbocycles. The van der Waals surface area contributed by atoms with Gasteiger partial charge in [0.25, 0.3) is 5.56 Å². The quantitative estimate of drug-likeness (QED) is 0.337. The highest BCUT2D eigenvalue weighted by atomic mass is 32.1. The fourth-order valence-electron chi connectivity index (χ4n) is 4.54. The number of halogens is 3. The van der Waals surface area contributed by atoms with E-state index in [-0.39, 0.29) is 41.8 Å². The summed E-state index contributed by atoms with van der Waals surface area (Å²) < 4.78 is 41.9. The Morgan fingerprint density at radius 1 is 1.32 bits per heavy atom. The van der Waals surface area contributed by atoms with Crippen LogP contribution in [-0.4, -0.2) is 48.2 Å². The van der Waals surface area contributed by atoms with Gasteiger partial charge in [0.05, 0.1) is 12.7 Å². The molecule has 5 heterocycles. The Balaban J connectivity index is 1.36. The number of anilines is 3. The number of carbonyl (C=O) groups is 1. The Labute approximate surface area is 228 Å². The van der Waals surface area contributed by atoms with Gasteiger partial charge in [-0.3, -0.25) is 19.1 Å². The Morgan fingerprint density at radius 3 is 2.67 bits per heavy atom. The van der Waals surface area contributed by atoms with E-state index >= 15 is 0 Å². The number of pyridine rings is 1. The number of aryl methyl sites for hydroxylation is 1. The second kappa shape index (κ2) is 9.62. The van der Waals surface area contributed by atoms with Gasteiger partial charge in [0, 0.05) is 31.1 Å². The molecule has 5 rings (SSSR count). The summed E-state index contributed by atoms with van der Waals surface area (Å²) in [7, 11) is 1.48. The molecule has 210 valence electrons. The maximum atomic E-state index is 13.4. The van der Waals surface area contributed by atoms with Crippen LogP contribution in [0, 0.1) is 12.1 Å². The summed E-state index contributed by atoms with van der Waals surface area (Å²) in [5.74, 6) is -0.0826. The van der Waals surface area contributed by atoms with E-state index in [0.29, 0.717) is 21.0 Å². The van der Waals surface area contributed by atoms with Gasteiger partial charge in [0.15, 0.2) is 5.71 Å². The molecule has 0 radical (unpaired) electrons. The largest absolute Gasteiger partial charge is 0.618 e. The van der Waals surface area contributed by atoms with Gasteiger partial charge in [-0.1, -0.05) is 0 Å². The fourth-order valence-corrected chi connectivity index (χ4v) is 5.27. The summed E-state index contributed by atoms with van der Waals surface area (Å²) >= 11 is 1.12. The summed E-state index contributed by atoms with van der Waals surface area (Å²) in [4.78, 5) is 48.7. The van der Waals surface area contributed by atoms with Crippen LogP contribution >= 0.6 is 11.3 Å². The number of fused-ring (bicyclic) bond motifs is 1. The van der Waals surface area contributed by atoms with E-state index in [1.165, 1.54) is 29.5 Å². The highest BCUT2D eigenvalue weighted by Gasteiger charge is 2.36. The number of amides is 1. The number of hydrogen-bond donors (Lipinski definition) is 2. The molecule has 0 unspecified atom stereocenters. The van der Waals surface area contributed by atoms with Crippen molar-refractivity contribution in [2.45, 2.75) is 39.5 Å². The predicted octanol–water partition coefficient (Wildman–Crippen LogP) is 2.48. The Bertz CT molecular complexity index is 1740. The second-order valence-corrected chi connectivity index (χ2v) is 10.3. The number of nitrogens with zero attached hydrogens (tertiary/aromatic N) is 6. The predicted molar refractivity (Wildman–Crippen MR) is 142 cm³/mol. The standard InChI is InChI=1S/C24H23F3N8O4S/c1-11-5-14(7-28-18(11)24(25,26)27)21-31-16(9-40-21)30-20(36)13(3)34-10-29-19-17(34)22(37)33(23(38)32(19)4)8-15-6-12(2)35(15)39/h5-7,9,13,29H,8,10H2,1-4H3,(H,30,36)/t13-/m0/s1. The van der Waals surface area contributed by atoms with Crippen LogP contribution in [0.15, 0.2) is 39.0 Å². The summed E-state index contributed by atoms with van der Waals surface area (Å²) in [6.45, 7) is 4.34. The molecule has 1 atom stereocenters. The van der Waals surface area contributed by atoms with E-state index in [2.05, 4.69) is 20.6 Å². The molecule has 3 aromatic heterocycles. The van der Waals surface area contributed by atoms with Crippen LogP contribution in [0.25, 0.3) is 10.6 Å². The van der Waals surface area contributed by atoms with Gasteiger partial charge in [0.2, 0.25) is 11.6 Å². The molecule has 2 N–H and O–H groups in total. The van der Waals surface area contributed by atoms with Crippen LogP contribution < -0.4 is 26.8 Å². The molecule has 2 aliphatic rings. The van der Waals surface area contributed by atoms with Crippen LogP contribution in [0.5, 0.6) is 0 Å². The van der Waals surface area contributed by atoms with E-state index in [0.717, 1.165) is 22.1 Å². The van der Waals surface area contributed by atoms with Crippen molar-refractivity contribution < 1.29 is 22.7 Å². The average Bonchev–Trinajstić information content (AvgIpc) is 3.55. The minimum atomic E-state index is -4.57. The molecule has 12 nitrogen and oxygen atoms in total. The monoisotopic (exact) mass is 576 g/mol. The molecule has 16 heteroatoms. The number of aromatic nitrogens is 4. The first-order valence-electron chi connectivity index (χ1n) is 11.9. The molecule has 40 heavy (non-hydrogen) atoms. The highest BCUT2D eigenvalue weighted by Crippen LogP contribution is 2.33. The van der Waals surface area contributed by atoms with Gasteiger partial charge in [-0.2, -0.15) is 17.9 Å². The first-order valence-corrected chi connectivity index (χ1v) is 12.8. The summed E-state index contributed by atoms with van der Waals surface area (Å²) in [6.07, 6.45) is -1.90. The zero-order valence-corrected chi connectivity index (χ0v) is 22.5. The number of nitrogens with one attached hydrogen (secondary N) is 2. The van der Waals surface area contributed by atoms with Crippen LogP contribution in [0.3, 0.4) is 0 Å². The van der Waals surface area contributed by atoms with Crippen LogP contribution in [0.4, 0.5) is 30.5 Å². The van der Waals surface area contributed by atoms with Crippen molar-refractivity contribution in [1.29, 1.82) is 0 Å². The first-order chi connectivity index (χ1) is 18.8. The molecule has 0 fully saturated rings. The van der Waals surface area contributed by atoms with Gasteiger partial charge in [-0.25, -0.2) is 14.3 Å². The van der Waals surface area contributed by atoms with Crippen molar-refractivity contribution in [2.75, 3.05) is 22.2 Å². The Kier molecular flexibility index (Phi) is 6.52. The lowest BCUT2D eigenvalue weighted by Crippen LogP contribution is -2.47. The third-order valence-electron chi connectivity index (χ3n) is 6.70. The molecule has 3 aromatic rings. The minimum Gasteiger partial charge on any atom is -0.618 e. The average molecular weight is 577 g/mol. The van der Waals surface area contributed by atoms with Gasteiger partial charge >= 0.3 is 11.9 Å². The zero-order valence-electron chi connectivity index (χ0n) is 21.7. The maximum absolute atomic E-state index is 13.4. The normalized spacial score (nSPS) is 15.4. The first kappa shape index (κ1) is 27.1. The molecule has 2 aliphatic heterocycles. The molecular formula is C24H23F3N8O4S. The lowest BCUT2D eigenvalue weighted by Gasteiger charge is -2.25. The van der Waals surface area contributed by atoms with E-state index in [1.807, 2.05) is 0 Å². The van der Waals surface area contributed by atoms with Crippen molar-refractivity contribution in [1.82, 2.24) is 19.1 Å². The van der Waals surface area contributed by atoms with E-state index < -0.39 is 35.1 Å².